The zero-order valence-corrected chi connectivity index (χ0v) is 8.33. The molecule has 0 radical (unpaired) electrons. The average molecular weight is 184 g/mol. The Morgan fingerprint density at radius 2 is 2.23 bits per heavy atom. The summed E-state index contributed by atoms with van der Waals surface area (Å²) in [4.78, 5) is 24.4. The van der Waals surface area contributed by atoms with Crippen LogP contribution in [0.4, 0.5) is 0 Å². The molecule has 0 aromatic rings. The predicted octanol–water partition coefficient (Wildman–Crippen LogP) is 0.132. The van der Waals surface area contributed by atoms with E-state index in [4.69, 9.17) is 0 Å². The Hall–Kier alpha value is -0.900. The van der Waals surface area contributed by atoms with Gasteiger partial charge >= 0.3 is 0 Å². The third-order valence-electron chi connectivity index (χ3n) is 2.56. The van der Waals surface area contributed by atoms with Crippen LogP contribution in [0.5, 0.6) is 0 Å². The fraction of sp³-hybridized carbons (Fsp3) is 0.778. The summed E-state index contributed by atoms with van der Waals surface area (Å²) in [7, 11) is 1.70. The zero-order valence-electron chi connectivity index (χ0n) is 8.33. The van der Waals surface area contributed by atoms with Gasteiger partial charge in [0.15, 0.2) is 0 Å². The van der Waals surface area contributed by atoms with Gasteiger partial charge in [0.25, 0.3) is 0 Å². The maximum atomic E-state index is 11.6. The van der Waals surface area contributed by atoms with Gasteiger partial charge < -0.3 is 5.32 Å². The Morgan fingerprint density at radius 3 is 2.62 bits per heavy atom. The highest BCUT2D eigenvalue weighted by atomic mass is 16.2. The monoisotopic (exact) mass is 184 g/mol. The molecule has 1 fully saturated rings. The van der Waals surface area contributed by atoms with Crippen LogP contribution in [0.1, 0.15) is 26.7 Å². The first-order chi connectivity index (χ1) is 6.11. The molecule has 4 heteroatoms. The first-order valence-corrected chi connectivity index (χ1v) is 4.65. The highest BCUT2D eigenvalue weighted by Gasteiger charge is 2.39. The SMILES string of the molecule is CCC(C)N1C(=O)CC(NC)C1=O. The minimum absolute atomic E-state index is 0.0262. The molecule has 2 amide bonds. The molecule has 1 N–H and O–H groups in total. The summed E-state index contributed by atoms with van der Waals surface area (Å²) in [6.07, 6.45) is 1.12. The average Bonchev–Trinajstić information content (AvgIpc) is 2.40. The third-order valence-corrected chi connectivity index (χ3v) is 2.56. The van der Waals surface area contributed by atoms with Gasteiger partial charge in [0.05, 0.1) is 12.5 Å². The molecule has 2 atom stereocenters. The van der Waals surface area contributed by atoms with Crippen molar-refractivity contribution in [3.8, 4) is 0 Å². The maximum absolute atomic E-state index is 11.6. The van der Waals surface area contributed by atoms with Crippen molar-refractivity contribution >= 4 is 11.8 Å². The number of likely N-dealkylation sites (N-methyl/N-ethyl adjacent to an activating group) is 1. The molecule has 1 saturated heterocycles. The number of imide groups is 1. The smallest absolute Gasteiger partial charge is 0.247 e. The van der Waals surface area contributed by atoms with Crippen LogP contribution in [0, 0.1) is 0 Å². The van der Waals surface area contributed by atoms with Crippen LogP contribution in [0.2, 0.25) is 0 Å². The van der Waals surface area contributed by atoms with Crippen LogP contribution in [0.15, 0.2) is 0 Å². The summed E-state index contributed by atoms with van der Waals surface area (Å²) in [5.74, 6) is -0.138. The lowest BCUT2D eigenvalue weighted by atomic mass is 10.2. The van der Waals surface area contributed by atoms with Crippen molar-refractivity contribution in [2.45, 2.75) is 38.8 Å². The molecule has 2 unspecified atom stereocenters. The number of carbonyl (C=O) groups excluding carboxylic acids is 2. The molecule has 0 aromatic heterocycles. The van der Waals surface area contributed by atoms with E-state index in [0.717, 1.165) is 6.42 Å². The number of nitrogens with one attached hydrogen (secondary N) is 1. The van der Waals surface area contributed by atoms with E-state index in [-0.39, 0.29) is 23.9 Å². The third kappa shape index (κ3) is 1.72. The number of rotatable bonds is 3. The van der Waals surface area contributed by atoms with E-state index in [2.05, 4.69) is 5.32 Å². The molecule has 0 aromatic carbocycles. The first kappa shape index (κ1) is 10.2. The topological polar surface area (TPSA) is 49.4 Å². The fourth-order valence-corrected chi connectivity index (χ4v) is 1.52. The Kier molecular flexibility index (Phi) is 3.03. The molecular formula is C9H16N2O2. The number of hydrogen-bond acceptors (Lipinski definition) is 3. The minimum atomic E-state index is -0.304. The summed E-state index contributed by atoms with van der Waals surface area (Å²) < 4.78 is 0. The second kappa shape index (κ2) is 3.87. The van der Waals surface area contributed by atoms with E-state index in [9.17, 15) is 9.59 Å². The van der Waals surface area contributed by atoms with Crippen molar-refractivity contribution in [3.63, 3.8) is 0 Å². The first-order valence-electron chi connectivity index (χ1n) is 4.65. The number of likely N-dealkylation sites (tertiary alicyclic amines) is 1. The second-order valence-electron chi connectivity index (χ2n) is 3.40. The van der Waals surface area contributed by atoms with Crippen molar-refractivity contribution in [3.05, 3.63) is 0 Å². The van der Waals surface area contributed by atoms with E-state index in [0.29, 0.717) is 6.42 Å². The highest BCUT2D eigenvalue weighted by Crippen LogP contribution is 2.17. The van der Waals surface area contributed by atoms with Gasteiger partial charge in [-0.2, -0.15) is 0 Å². The summed E-state index contributed by atoms with van der Waals surface area (Å²) in [6, 6.07) is -0.278. The summed E-state index contributed by atoms with van der Waals surface area (Å²) >= 11 is 0. The second-order valence-corrected chi connectivity index (χ2v) is 3.40. The van der Waals surface area contributed by atoms with Crippen LogP contribution in [-0.2, 0) is 9.59 Å². The van der Waals surface area contributed by atoms with Crippen molar-refractivity contribution in [2.75, 3.05) is 7.05 Å². The van der Waals surface area contributed by atoms with Crippen molar-refractivity contribution in [1.29, 1.82) is 0 Å². The Morgan fingerprint density at radius 1 is 1.62 bits per heavy atom. The molecule has 1 rings (SSSR count). The minimum Gasteiger partial charge on any atom is -0.308 e. The van der Waals surface area contributed by atoms with E-state index in [1.54, 1.807) is 7.05 Å². The van der Waals surface area contributed by atoms with Crippen molar-refractivity contribution in [2.24, 2.45) is 0 Å². The van der Waals surface area contributed by atoms with E-state index >= 15 is 0 Å². The normalized spacial score (nSPS) is 25.5. The molecule has 0 spiro atoms. The fourth-order valence-electron chi connectivity index (χ4n) is 1.52. The number of carbonyl (C=O) groups is 2. The highest BCUT2D eigenvalue weighted by molar-refractivity contribution is 6.05. The zero-order chi connectivity index (χ0) is 10.0. The van der Waals surface area contributed by atoms with Crippen LogP contribution >= 0.6 is 0 Å². The quantitative estimate of drug-likeness (QED) is 0.634. The van der Waals surface area contributed by atoms with Crippen LogP contribution in [-0.4, -0.2) is 35.8 Å². The van der Waals surface area contributed by atoms with Gasteiger partial charge in [-0.05, 0) is 20.4 Å². The molecule has 0 bridgehead atoms. The summed E-state index contributed by atoms with van der Waals surface area (Å²) in [5, 5.41) is 2.84. The Bertz CT molecular complexity index is 228. The van der Waals surface area contributed by atoms with Crippen LogP contribution < -0.4 is 5.32 Å². The van der Waals surface area contributed by atoms with Crippen molar-refractivity contribution < 1.29 is 9.59 Å². The van der Waals surface area contributed by atoms with Gasteiger partial charge in [0.2, 0.25) is 11.8 Å². The lowest BCUT2D eigenvalue weighted by Gasteiger charge is -2.21. The van der Waals surface area contributed by atoms with E-state index in [1.807, 2.05) is 13.8 Å². The Labute approximate surface area is 78.3 Å². The van der Waals surface area contributed by atoms with Crippen LogP contribution in [0.25, 0.3) is 0 Å². The summed E-state index contributed by atoms with van der Waals surface area (Å²) in [5.41, 5.74) is 0. The van der Waals surface area contributed by atoms with Gasteiger partial charge in [-0.25, -0.2) is 0 Å². The maximum Gasteiger partial charge on any atom is 0.247 e. The molecule has 0 aliphatic carbocycles. The lowest BCUT2D eigenvalue weighted by molar-refractivity contribution is -0.141. The summed E-state index contributed by atoms with van der Waals surface area (Å²) in [6.45, 7) is 3.87. The molecule has 74 valence electrons. The van der Waals surface area contributed by atoms with Gasteiger partial charge in [0, 0.05) is 6.04 Å². The van der Waals surface area contributed by atoms with Crippen LogP contribution in [0.3, 0.4) is 0 Å². The number of hydrogen-bond donors (Lipinski definition) is 1. The molecule has 4 nitrogen and oxygen atoms in total. The molecule has 13 heavy (non-hydrogen) atoms. The standard InChI is InChI=1S/C9H16N2O2/c1-4-6(2)11-8(12)5-7(10-3)9(11)13/h6-7,10H,4-5H2,1-3H3. The van der Waals surface area contributed by atoms with Gasteiger partial charge in [-0.3, -0.25) is 14.5 Å². The molecule has 0 saturated carbocycles. The Balaban J connectivity index is 2.75. The lowest BCUT2D eigenvalue weighted by Crippen LogP contribution is -2.41. The van der Waals surface area contributed by atoms with Gasteiger partial charge in [-0.1, -0.05) is 6.92 Å². The largest absolute Gasteiger partial charge is 0.308 e. The van der Waals surface area contributed by atoms with E-state index < -0.39 is 0 Å². The van der Waals surface area contributed by atoms with E-state index in [1.165, 1.54) is 4.90 Å². The van der Waals surface area contributed by atoms with Gasteiger partial charge in [0.1, 0.15) is 0 Å². The molecule has 1 heterocycles. The van der Waals surface area contributed by atoms with Crippen molar-refractivity contribution in [1.82, 2.24) is 10.2 Å². The predicted molar refractivity (Wildman–Crippen MR) is 49.1 cm³/mol. The molecule has 1 aliphatic rings. The van der Waals surface area contributed by atoms with Gasteiger partial charge in [-0.15, -0.1) is 0 Å². The molecular weight excluding hydrogens is 168 g/mol. The molecule has 1 aliphatic heterocycles. The number of amides is 2. The number of nitrogens with zero attached hydrogens (tertiary/aromatic N) is 1.